The van der Waals surface area contributed by atoms with E-state index in [4.69, 9.17) is 26.8 Å². The summed E-state index contributed by atoms with van der Waals surface area (Å²) in [6, 6.07) is 25.1. The molecule has 4 aromatic rings. The van der Waals surface area contributed by atoms with Gasteiger partial charge in [0.1, 0.15) is 29.1 Å². The number of imide groups is 1. The van der Waals surface area contributed by atoms with Gasteiger partial charge in [-0.05, 0) is 54.4 Å². The van der Waals surface area contributed by atoms with Crippen molar-refractivity contribution in [3.8, 4) is 17.2 Å². The van der Waals surface area contributed by atoms with E-state index < -0.39 is 23.9 Å². The number of nitrogens with one attached hydrogen (secondary N) is 2. The number of halogens is 2. The maximum absolute atomic E-state index is 14.3. The second-order valence-corrected chi connectivity index (χ2v) is 12.0. The number of hydrogen-bond donors (Lipinski definition) is 3. The number of ether oxygens (including phenoxy) is 2. The Morgan fingerprint density at radius 3 is 2.40 bits per heavy atom. The lowest BCUT2D eigenvalue weighted by Gasteiger charge is -2.40. The summed E-state index contributed by atoms with van der Waals surface area (Å²) in [5.74, 6) is 0.342. The van der Waals surface area contributed by atoms with Gasteiger partial charge in [-0.25, -0.2) is 4.39 Å². The Balaban J connectivity index is 1.42. The lowest BCUT2D eigenvalue weighted by Crippen LogP contribution is -2.53. The molecule has 2 amide bonds. The van der Waals surface area contributed by atoms with E-state index in [0.717, 1.165) is 17.0 Å². The highest BCUT2D eigenvalue weighted by atomic mass is 35.5. The van der Waals surface area contributed by atoms with E-state index in [0.29, 0.717) is 66.8 Å². The molecule has 4 aromatic carbocycles. The molecule has 1 aliphatic rings. The van der Waals surface area contributed by atoms with E-state index in [9.17, 15) is 14.0 Å². The van der Waals surface area contributed by atoms with Crippen LogP contribution in [-0.2, 0) is 22.7 Å². The molecule has 9 nitrogen and oxygen atoms in total. The number of rotatable bonds is 13. The number of nitrogens with zero attached hydrogens (tertiary/aromatic N) is 2. The van der Waals surface area contributed by atoms with Crippen molar-refractivity contribution in [1.82, 2.24) is 15.5 Å². The average molecular weight is 674 g/mol. The summed E-state index contributed by atoms with van der Waals surface area (Å²) in [6.45, 7) is 4.56. The van der Waals surface area contributed by atoms with Crippen LogP contribution in [-0.4, -0.2) is 56.0 Å². The highest BCUT2D eigenvalue weighted by Crippen LogP contribution is 2.37. The van der Waals surface area contributed by atoms with Gasteiger partial charge in [-0.1, -0.05) is 67.1 Å². The van der Waals surface area contributed by atoms with Gasteiger partial charge in [0.15, 0.2) is 0 Å². The molecule has 1 aliphatic heterocycles. The average Bonchev–Trinajstić information content (AvgIpc) is 3.10. The SMILES string of the molecule is CCC(NCc1ccccc1F)C(=O)NC(=O)C(c1ccc(Cl)cc1Oc1cccc(CN)c1)N1CCN(c2ccccc2OC)CC1. The third-order valence-electron chi connectivity index (χ3n) is 8.45. The molecule has 0 bridgehead atoms. The number of amides is 2. The predicted octanol–water partition coefficient (Wildman–Crippen LogP) is 5.81. The van der Waals surface area contributed by atoms with Crippen molar-refractivity contribution in [2.24, 2.45) is 5.73 Å². The van der Waals surface area contributed by atoms with Crippen LogP contribution in [0.5, 0.6) is 17.2 Å². The lowest BCUT2D eigenvalue weighted by molar-refractivity contribution is -0.135. The van der Waals surface area contributed by atoms with Gasteiger partial charge in [0, 0.05) is 55.4 Å². The molecule has 1 heterocycles. The number of methoxy groups -OCH3 is 1. The fourth-order valence-electron chi connectivity index (χ4n) is 5.88. The van der Waals surface area contributed by atoms with Crippen LogP contribution in [0, 0.1) is 5.82 Å². The first kappa shape index (κ1) is 34.8. The fourth-order valence-corrected chi connectivity index (χ4v) is 6.04. The largest absolute Gasteiger partial charge is 0.495 e. The van der Waals surface area contributed by atoms with E-state index in [2.05, 4.69) is 15.5 Å². The summed E-state index contributed by atoms with van der Waals surface area (Å²) in [7, 11) is 1.65. The van der Waals surface area contributed by atoms with Crippen molar-refractivity contribution in [2.75, 3.05) is 38.2 Å². The summed E-state index contributed by atoms with van der Waals surface area (Å²) >= 11 is 6.45. The Morgan fingerprint density at radius 2 is 1.67 bits per heavy atom. The minimum absolute atomic E-state index is 0.137. The van der Waals surface area contributed by atoms with Crippen LogP contribution >= 0.6 is 11.6 Å². The van der Waals surface area contributed by atoms with E-state index in [1.807, 2.05) is 60.4 Å². The zero-order valence-corrected chi connectivity index (χ0v) is 27.9. The molecule has 0 aromatic heterocycles. The molecule has 1 fully saturated rings. The summed E-state index contributed by atoms with van der Waals surface area (Å²) < 4.78 is 26.2. The van der Waals surface area contributed by atoms with Crippen molar-refractivity contribution < 1.29 is 23.5 Å². The normalized spacial score (nSPS) is 14.6. The number of hydrogen-bond acceptors (Lipinski definition) is 8. The van der Waals surface area contributed by atoms with E-state index >= 15 is 0 Å². The second kappa shape index (κ2) is 16.6. The molecule has 48 heavy (non-hydrogen) atoms. The highest BCUT2D eigenvalue weighted by Gasteiger charge is 2.35. The zero-order valence-electron chi connectivity index (χ0n) is 27.1. The third kappa shape index (κ3) is 8.51. The minimum atomic E-state index is -0.886. The quantitative estimate of drug-likeness (QED) is 0.163. The van der Waals surface area contributed by atoms with E-state index in [1.165, 1.54) is 6.07 Å². The molecule has 2 unspecified atom stereocenters. The standard InChI is InChI=1S/C37H41ClFN5O4/c1-3-31(41-24-26-10-4-5-12-30(26)39)36(45)42-37(46)35(44-19-17-43(18-20-44)32-13-6-7-14-33(32)47-2)29-16-15-27(38)22-34(29)48-28-11-8-9-25(21-28)23-40/h4-16,21-22,31,35,41H,3,17-20,23-24,40H2,1-2H3,(H,42,45,46). The van der Waals surface area contributed by atoms with Gasteiger partial charge in [-0.15, -0.1) is 0 Å². The van der Waals surface area contributed by atoms with Crippen molar-refractivity contribution in [2.45, 2.75) is 38.5 Å². The first-order valence-electron chi connectivity index (χ1n) is 16.0. The Hall–Kier alpha value is -4.48. The first-order chi connectivity index (χ1) is 23.3. The van der Waals surface area contributed by atoms with Crippen molar-refractivity contribution in [3.05, 3.63) is 119 Å². The molecule has 1 saturated heterocycles. The molecule has 4 N–H and O–H groups in total. The summed E-state index contributed by atoms with van der Waals surface area (Å²) in [4.78, 5) is 32.0. The smallest absolute Gasteiger partial charge is 0.248 e. The zero-order chi connectivity index (χ0) is 34.0. The van der Waals surface area contributed by atoms with Gasteiger partial charge < -0.3 is 25.4 Å². The number of carbonyl (C=O) groups excluding carboxylic acids is 2. The first-order valence-corrected chi connectivity index (χ1v) is 16.4. The maximum atomic E-state index is 14.3. The molecule has 0 radical (unpaired) electrons. The Bertz CT molecular complexity index is 1710. The molecule has 11 heteroatoms. The van der Waals surface area contributed by atoms with Gasteiger partial charge in [-0.3, -0.25) is 19.8 Å². The third-order valence-corrected chi connectivity index (χ3v) is 8.69. The summed E-state index contributed by atoms with van der Waals surface area (Å²) in [5.41, 5.74) is 8.71. The van der Waals surface area contributed by atoms with Gasteiger partial charge in [0.2, 0.25) is 11.8 Å². The van der Waals surface area contributed by atoms with Crippen LogP contribution in [0.1, 0.15) is 36.1 Å². The summed E-state index contributed by atoms with van der Waals surface area (Å²) in [5, 5.41) is 6.18. The van der Waals surface area contributed by atoms with Crippen molar-refractivity contribution in [1.29, 1.82) is 0 Å². The monoisotopic (exact) mass is 673 g/mol. The molecule has 2 atom stereocenters. The van der Waals surface area contributed by atoms with Crippen molar-refractivity contribution in [3.63, 3.8) is 0 Å². The molecule has 0 saturated carbocycles. The number of piperazine rings is 1. The number of nitrogens with two attached hydrogens (primary N) is 1. The van der Waals surface area contributed by atoms with E-state index in [1.54, 1.807) is 43.5 Å². The number of benzene rings is 4. The number of anilines is 1. The number of carbonyl (C=O) groups is 2. The maximum Gasteiger partial charge on any atom is 0.248 e. The second-order valence-electron chi connectivity index (χ2n) is 11.5. The van der Waals surface area contributed by atoms with Crippen LogP contribution in [0.25, 0.3) is 0 Å². The Labute approximate surface area is 285 Å². The highest BCUT2D eigenvalue weighted by molar-refractivity contribution is 6.30. The fraction of sp³-hybridized carbons (Fsp3) is 0.297. The predicted molar refractivity (Wildman–Crippen MR) is 186 cm³/mol. The van der Waals surface area contributed by atoms with Crippen LogP contribution in [0.3, 0.4) is 0 Å². The molecular formula is C37H41ClFN5O4. The number of para-hydroxylation sites is 2. The van der Waals surface area contributed by atoms with Crippen LogP contribution in [0.15, 0.2) is 91.0 Å². The van der Waals surface area contributed by atoms with Crippen LogP contribution < -0.4 is 30.7 Å². The van der Waals surface area contributed by atoms with Gasteiger partial charge in [0.25, 0.3) is 0 Å². The van der Waals surface area contributed by atoms with Crippen molar-refractivity contribution >= 4 is 29.1 Å². The van der Waals surface area contributed by atoms with Gasteiger partial charge in [0.05, 0.1) is 18.8 Å². The van der Waals surface area contributed by atoms with Crippen LogP contribution in [0.4, 0.5) is 10.1 Å². The molecule has 5 rings (SSSR count). The van der Waals surface area contributed by atoms with Gasteiger partial charge in [-0.2, -0.15) is 0 Å². The topological polar surface area (TPSA) is 109 Å². The molecule has 0 aliphatic carbocycles. The minimum Gasteiger partial charge on any atom is -0.495 e. The van der Waals surface area contributed by atoms with Crippen LogP contribution in [0.2, 0.25) is 5.02 Å². The molecule has 0 spiro atoms. The molecule has 252 valence electrons. The molecular weight excluding hydrogens is 633 g/mol. The Morgan fingerprint density at radius 1 is 0.917 bits per heavy atom. The van der Waals surface area contributed by atoms with E-state index in [-0.39, 0.29) is 12.4 Å². The van der Waals surface area contributed by atoms with Gasteiger partial charge >= 0.3 is 0 Å². The lowest BCUT2D eigenvalue weighted by atomic mass is 10.0. The summed E-state index contributed by atoms with van der Waals surface area (Å²) in [6.07, 6.45) is 0.391. The Kier molecular flexibility index (Phi) is 12.0.